The van der Waals surface area contributed by atoms with Gasteiger partial charge in [-0.2, -0.15) is 5.10 Å². The van der Waals surface area contributed by atoms with Gasteiger partial charge in [0.05, 0.1) is 11.6 Å². The quantitative estimate of drug-likeness (QED) is 0.554. The van der Waals surface area contributed by atoms with E-state index in [0.29, 0.717) is 24.3 Å². The third-order valence-electron chi connectivity index (χ3n) is 5.22. The average molecular weight is 432 g/mol. The molecule has 3 aromatic rings. The van der Waals surface area contributed by atoms with Crippen LogP contribution in [0.4, 0.5) is 15.9 Å². The van der Waals surface area contributed by atoms with Gasteiger partial charge in [0.2, 0.25) is 5.91 Å². The molecule has 0 radical (unpaired) electrons. The second kappa shape index (κ2) is 8.83. The third kappa shape index (κ3) is 4.46. The summed E-state index contributed by atoms with van der Waals surface area (Å²) >= 11 is 5.92. The van der Waals surface area contributed by atoms with E-state index >= 15 is 0 Å². The summed E-state index contributed by atoms with van der Waals surface area (Å²) in [5.74, 6) is 0.242. The zero-order valence-electron chi connectivity index (χ0n) is 16.5. The van der Waals surface area contributed by atoms with E-state index in [4.69, 9.17) is 11.6 Å². The summed E-state index contributed by atoms with van der Waals surface area (Å²) in [6.07, 6.45) is 5.59. The minimum absolute atomic E-state index is 0.0184. The molecular weight excluding hydrogens is 409 g/mol. The summed E-state index contributed by atoms with van der Waals surface area (Å²) in [7, 11) is 0. The van der Waals surface area contributed by atoms with E-state index in [1.807, 2.05) is 6.92 Å². The largest absolute Gasteiger partial charge is 0.374 e. The number of rotatable bonds is 6. The van der Waals surface area contributed by atoms with Crippen molar-refractivity contribution in [1.29, 1.82) is 0 Å². The summed E-state index contributed by atoms with van der Waals surface area (Å²) in [5, 5.41) is 14.2. The van der Waals surface area contributed by atoms with Crippen molar-refractivity contribution >= 4 is 40.0 Å². The summed E-state index contributed by atoms with van der Waals surface area (Å²) in [6.45, 7) is 3.40. The number of hydrogen-bond acceptors (Lipinski definition) is 6. The van der Waals surface area contributed by atoms with Gasteiger partial charge in [0, 0.05) is 29.8 Å². The van der Waals surface area contributed by atoms with Crippen molar-refractivity contribution in [2.45, 2.75) is 38.3 Å². The van der Waals surface area contributed by atoms with Crippen LogP contribution in [0.5, 0.6) is 0 Å². The topological polar surface area (TPSA) is 98.8 Å². The Morgan fingerprint density at radius 1 is 1.40 bits per heavy atom. The fourth-order valence-electron chi connectivity index (χ4n) is 3.78. The predicted molar refractivity (Wildman–Crippen MR) is 114 cm³/mol. The Morgan fingerprint density at radius 2 is 2.27 bits per heavy atom. The lowest BCUT2D eigenvalue weighted by molar-refractivity contribution is -0.122. The highest BCUT2D eigenvalue weighted by Crippen LogP contribution is 2.24. The van der Waals surface area contributed by atoms with Crippen molar-refractivity contribution in [3.05, 3.63) is 41.6 Å². The molecular formula is C20H23ClFN7O. The fraction of sp³-hybridized carbons (Fsp3) is 0.400. The van der Waals surface area contributed by atoms with Gasteiger partial charge in [-0.1, -0.05) is 18.5 Å². The lowest BCUT2D eigenvalue weighted by atomic mass is 10.0. The molecule has 1 aliphatic rings. The van der Waals surface area contributed by atoms with E-state index in [-0.39, 0.29) is 17.0 Å². The highest BCUT2D eigenvalue weighted by molar-refractivity contribution is 6.30. The molecule has 0 spiro atoms. The van der Waals surface area contributed by atoms with E-state index in [9.17, 15) is 9.18 Å². The van der Waals surface area contributed by atoms with Crippen LogP contribution in [-0.2, 0) is 4.79 Å². The molecule has 0 saturated carbocycles. The second-order valence-electron chi connectivity index (χ2n) is 7.39. The molecule has 1 amide bonds. The van der Waals surface area contributed by atoms with E-state index in [1.54, 1.807) is 12.3 Å². The number of benzene rings is 1. The number of amides is 1. The first-order valence-electron chi connectivity index (χ1n) is 9.95. The molecule has 8 nitrogen and oxygen atoms in total. The van der Waals surface area contributed by atoms with Gasteiger partial charge in [0.25, 0.3) is 0 Å². The minimum Gasteiger partial charge on any atom is -0.374 e. The number of nitrogens with one attached hydrogen (secondary N) is 3. The van der Waals surface area contributed by atoms with E-state index in [0.717, 1.165) is 30.6 Å². The van der Waals surface area contributed by atoms with Crippen LogP contribution >= 0.6 is 11.6 Å². The molecule has 2 aromatic heterocycles. The van der Waals surface area contributed by atoms with Crippen molar-refractivity contribution in [2.75, 3.05) is 23.3 Å². The number of carbonyl (C=O) groups excluding carboxylic acids is 1. The molecule has 3 heterocycles. The van der Waals surface area contributed by atoms with Gasteiger partial charge in [0.15, 0.2) is 5.65 Å². The second-order valence-corrected chi connectivity index (χ2v) is 7.82. The molecule has 0 unspecified atom stereocenters. The summed E-state index contributed by atoms with van der Waals surface area (Å²) in [6, 6.07) is 3.66. The van der Waals surface area contributed by atoms with Gasteiger partial charge in [-0.3, -0.25) is 9.89 Å². The van der Waals surface area contributed by atoms with Gasteiger partial charge in [-0.05, 0) is 37.5 Å². The molecule has 158 valence electrons. The van der Waals surface area contributed by atoms with Crippen molar-refractivity contribution < 1.29 is 9.18 Å². The summed E-state index contributed by atoms with van der Waals surface area (Å²) < 4.78 is 13.6. The molecule has 30 heavy (non-hydrogen) atoms. The van der Waals surface area contributed by atoms with Crippen LogP contribution in [0.2, 0.25) is 5.02 Å². The Kier molecular flexibility index (Phi) is 5.98. The zero-order valence-corrected chi connectivity index (χ0v) is 17.3. The number of hydrogen-bond donors (Lipinski definition) is 3. The Bertz CT molecular complexity index is 1020. The molecule has 0 aliphatic carbocycles. The number of fused-ring (bicyclic) bond motifs is 1. The molecule has 2 atom stereocenters. The number of halogens is 2. The normalized spacial score (nSPS) is 17.7. The van der Waals surface area contributed by atoms with Gasteiger partial charge in [-0.15, -0.1) is 0 Å². The summed E-state index contributed by atoms with van der Waals surface area (Å²) in [4.78, 5) is 23.6. The monoisotopic (exact) mass is 431 g/mol. The van der Waals surface area contributed by atoms with Crippen molar-refractivity contribution in [1.82, 2.24) is 25.5 Å². The van der Waals surface area contributed by atoms with E-state index in [2.05, 4.69) is 35.7 Å². The van der Waals surface area contributed by atoms with E-state index in [1.165, 1.54) is 18.5 Å². The number of anilines is 2. The molecule has 0 bridgehead atoms. The SMILES string of the molecule is CC[C@@H](Nc1cc(F)cc(Cl)c1)C(=O)N[C@@H]1CCCN(c2ncnc3[nH]ncc23)C1. The molecule has 4 rings (SSSR count). The van der Waals surface area contributed by atoms with Crippen LogP contribution in [0.25, 0.3) is 11.0 Å². The van der Waals surface area contributed by atoms with Crippen LogP contribution in [-0.4, -0.2) is 51.2 Å². The van der Waals surface area contributed by atoms with Crippen molar-refractivity contribution in [3.63, 3.8) is 0 Å². The molecule has 10 heteroatoms. The number of nitrogens with zero attached hydrogens (tertiary/aromatic N) is 4. The predicted octanol–water partition coefficient (Wildman–Crippen LogP) is 3.12. The van der Waals surface area contributed by atoms with Gasteiger partial charge in [-0.25, -0.2) is 14.4 Å². The van der Waals surface area contributed by atoms with Crippen LogP contribution in [0.15, 0.2) is 30.7 Å². The third-order valence-corrected chi connectivity index (χ3v) is 5.44. The fourth-order valence-corrected chi connectivity index (χ4v) is 4.01. The number of carbonyl (C=O) groups is 1. The number of H-pyrrole nitrogens is 1. The van der Waals surface area contributed by atoms with Gasteiger partial charge < -0.3 is 15.5 Å². The first-order valence-corrected chi connectivity index (χ1v) is 10.3. The molecule has 1 saturated heterocycles. The molecule has 1 aliphatic heterocycles. The summed E-state index contributed by atoms with van der Waals surface area (Å²) in [5.41, 5.74) is 1.17. The maximum absolute atomic E-state index is 13.6. The lowest BCUT2D eigenvalue weighted by Crippen LogP contribution is -2.51. The van der Waals surface area contributed by atoms with Gasteiger partial charge >= 0.3 is 0 Å². The minimum atomic E-state index is -0.488. The van der Waals surface area contributed by atoms with Crippen LogP contribution in [0, 0.1) is 5.82 Å². The highest BCUT2D eigenvalue weighted by atomic mass is 35.5. The average Bonchev–Trinajstić information content (AvgIpc) is 3.20. The lowest BCUT2D eigenvalue weighted by Gasteiger charge is -2.34. The molecule has 1 fully saturated rings. The van der Waals surface area contributed by atoms with Gasteiger partial charge in [0.1, 0.15) is 24.0 Å². The van der Waals surface area contributed by atoms with Crippen molar-refractivity contribution in [2.24, 2.45) is 0 Å². The number of aromatic amines is 1. The Morgan fingerprint density at radius 3 is 3.07 bits per heavy atom. The smallest absolute Gasteiger partial charge is 0.242 e. The molecule has 1 aromatic carbocycles. The maximum Gasteiger partial charge on any atom is 0.242 e. The maximum atomic E-state index is 13.6. The molecule has 3 N–H and O–H groups in total. The zero-order chi connectivity index (χ0) is 21.1. The Hall–Kier alpha value is -2.94. The first kappa shape index (κ1) is 20.3. The van der Waals surface area contributed by atoms with E-state index < -0.39 is 11.9 Å². The van der Waals surface area contributed by atoms with Crippen LogP contribution in [0.3, 0.4) is 0 Å². The highest BCUT2D eigenvalue weighted by Gasteiger charge is 2.26. The Balaban J connectivity index is 1.42. The van der Waals surface area contributed by atoms with Crippen molar-refractivity contribution in [3.8, 4) is 0 Å². The Labute approximate surface area is 178 Å². The van der Waals surface area contributed by atoms with Crippen LogP contribution in [0.1, 0.15) is 26.2 Å². The standard InChI is InChI=1S/C20H23ClFN7O/c1-2-17(26-15-7-12(21)6-13(22)8-15)20(30)27-14-4-3-5-29(10-14)19-16-9-25-28-18(16)23-11-24-19/h6-9,11,14,17,26H,2-5,10H2,1H3,(H,27,30)(H,23,24,25,28)/t14-,17-/m1/s1. The first-order chi connectivity index (χ1) is 14.5. The number of piperidine rings is 1. The number of aromatic nitrogens is 4. The van der Waals surface area contributed by atoms with Crippen LogP contribution < -0.4 is 15.5 Å².